The number of anilines is 3. The molecule has 2 amide bonds. The molecule has 0 spiro atoms. The number of phenols is 2. The van der Waals surface area contributed by atoms with Crippen LogP contribution in [-0.4, -0.2) is 94.7 Å². The van der Waals surface area contributed by atoms with Crippen LogP contribution in [0.5, 0.6) is 17.2 Å². The Labute approximate surface area is 329 Å². The molecule has 1 fully saturated rings. The van der Waals surface area contributed by atoms with Gasteiger partial charge in [0.05, 0.1) is 7.11 Å². The summed E-state index contributed by atoms with van der Waals surface area (Å²) in [6.07, 6.45) is -1.83. The number of thioether (sulfide) groups is 2. The number of ether oxygens (including phenoxy) is 2. The molecule has 10 N–H and O–H groups in total. The van der Waals surface area contributed by atoms with Crippen LogP contribution < -0.4 is 27.3 Å². The van der Waals surface area contributed by atoms with E-state index in [1.54, 1.807) is 31.2 Å². The Kier molecular flexibility index (Phi) is 11.7. The molecule has 0 saturated carbocycles. The summed E-state index contributed by atoms with van der Waals surface area (Å²) < 4.78 is 10.9. The largest absolute Gasteiger partial charge is 0.504 e. The van der Waals surface area contributed by atoms with Gasteiger partial charge in [-0.25, -0.2) is 24.5 Å². The van der Waals surface area contributed by atoms with Gasteiger partial charge in [0.15, 0.2) is 27.5 Å². The fourth-order valence-corrected chi connectivity index (χ4v) is 8.23. The average molecular weight is 824 g/mol. The number of esters is 1. The summed E-state index contributed by atoms with van der Waals surface area (Å²) >= 11 is 3.40. The van der Waals surface area contributed by atoms with Crippen molar-refractivity contribution in [3.8, 4) is 17.2 Å². The Morgan fingerprint density at radius 1 is 1.07 bits per heavy atom. The molecule has 2 aliphatic heterocycles. The summed E-state index contributed by atoms with van der Waals surface area (Å²) in [5.41, 5.74) is 18.8. The smallest absolute Gasteiger partial charge is 0.355 e. The van der Waals surface area contributed by atoms with Gasteiger partial charge < -0.3 is 52.1 Å². The molecule has 6 rings (SSSR count). The number of carbonyl (C=O) groups is 4. The number of fused-ring (bicyclic) bond motifs is 1. The third-order valence-corrected chi connectivity index (χ3v) is 11.3. The minimum absolute atomic E-state index is 0.00994. The third-order valence-electron chi connectivity index (χ3n) is 8.39. The van der Waals surface area contributed by atoms with Crippen LogP contribution in [0.2, 0.25) is 0 Å². The number of nitrogens with two attached hydrogens (primary N) is 3. The second kappa shape index (κ2) is 16.6. The van der Waals surface area contributed by atoms with Crippen molar-refractivity contribution in [2.45, 2.75) is 36.2 Å². The second-order valence-corrected chi connectivity index (χ2v) is 14.9. The van der Waals surface area contributed by atoms with Crippen LogP contribution in [0.15, 0.2) is 69.4 Å². The van der Waals surface area contributed by atoms with E-state index in [9.17, 15) is 34.5 Å². The number of phenolic OH excluding ortho intramolecular Hbond substituents is 2. The molecule has 0 bridgehead atoms. The van der Waals surface area contributed by atoms with Crippen molar-refractivity contribution < 1.29 is 48.8 Å². The molecule has 4 aromatic rings. The highest BCUT2D eigenvalue weighted by Gasteiger charge is 2.54. The molecule has 22 heteroatoms. The van der Waals surface area contributed by atoms with Crippen molar-refractivity contribution in [1.29, 1.82) is 0 Å². The fourth-order valence-electron chi connectivity index (χ4n) is 5.34. The number of aliphatic carboxylic acids is 1. The van der Waals surface area contributed by atoms with E-state index in [-0.39, 0.29) is 57.0 Å². The number of benzene rings is 2. The number of carboxylic acid groups (broad SMARTS) is 1. The highest BCUT2D eigenvalue weighted by molar-refractivity contribution is 8.01. The monoisotopic (exact) mass is 823 g/mol. The van der Waals surface area contributed by atoms with Gasteiger partial charge in [-0.1, -0.05) is 35.1 Å². The van der Waals surface area contributed by atoms with Gasteiger partial charge in [0.1, 0.15) is 46.8 Å². The predicted molar refractivity (Wildman–Crippen MR) is 205 cm³/mol. The van der Waals surface area contributed by atoms with Gasteiger partial charge in [0, 0.05) is 28.0 Å². The number of hydrogen-bond donors (Lipinski definition) is 7. The van der Waals surface area contributed by atoms with Gasteiger partial charge in [0.2, 0.25) is 6.10 Å². The van der Waals surface area contributed by atoms with Crippen LogP contribution in [0.1, 0.15) is 28.5 Å². The lowest BCUT2D eigenvalue weighted by Gasteiger charge is -2.49. The molecular weight excluding hydrogens is 791 g/mol. The quantitative estimate of drug-likeness (QED) is 0.0182. The van der Waals surface area contributed by atoms with Crippen LogP contribution in [0.25, 0.3) is 0 Å². The Bertz CT molecular complexity index is 2240. The molecule has 2 aromatic heterocycles. The first kappa shape index (κ1) is 39.4. The number of nitrogens with zero attached hydrogens (tertiary/aromatic N) is 5. The third kappa shape index (κ3) is 8.35. The van der Waals surface area contributed by atoms with E-state index >= 15 is 0 Å². The molecule has 292 valence electrons. The first-order valence-electron chi connectivity index (χ1n) is 16.3. The Hall–Kier alpha value is -6.26. The SMILES string of the molecule is COc1ccc(COC(=O)C2=C(CSc3nc(N)c(C)c(N)n3)CS[C@@H]3[C@H](NC(=O)/C(=N\O[C@H](C(=O)O)c4ccc(O)c(O)c4)c4csc(N)n4)C(=O)N23)cc1. The minimum Gasteiger partial charge on any atom is -0.504 e. The summed E-state index contributed by atoms with van der Waals surface area (Å²) in [6, 6.07) is 8.92. The first-order valence-corrected chi connectivity index (χ1v) is 19.2. The number of oxime groups is 1. The molecule has 3 atom stereocenters. The van der Waals surface area contributed by atoms with Crippen molar-refractivity contribution >= 4 is 81.1 Å². The number of carboxylic acids is 1. The molecule has 4 heterocycles. The van der Waals surface area contributed by atoms with Crippen molar-refractivity contribution in [1.82, 2.24) is 25.2 Å². The van der Waals surface area contributed by atoms with Gasteiger partial charge in [0.25, 0.3) is 11.8 Å². The minimum atomic E-state index is -1.83. The highest BCUT2D eigenvalue weighted by atomic mass is 32.2. The number of aromatic hydroxyl groups is 2. The predicted octanol–water partition coefficient (Wildman–Crippen LogP) is 2.14. The van der Waals surface area contributed by atoms with Crippen molar-refractivity contribution in [2.75, 3.05) is 35.8 Å². The highest BCUT2D eigenvalue weighted by Crippen LogP contribution is 2.42. The maximum Gasteiger partial charge on any atom is 0.355 e. The van der Waals surface area contributed by atoms with E-state index in [1.807, 2.05) is 0 Å². The molecule has 56 heavy (non-hydrogen) atoms. The Balaban J connectivity index is 1.24. The molecule has 0 unspecified atom stereocenters. The van der Waals surface area contributed by atoms with Crippen LogP contribution in [-0.2, 0) is 35.4 Å². The van der Waals surface area contributed by atoms with Crippen LogP contribution in [0, 0.1) is 6.92 Å². The number of nitrogens with one attached hydrogen (secondary N) is 1. The number of thiazole rings is 1. The van der Waals surface area contributed by atoms with E-state index < -0.39 is 58.5 Å². The average Bonchev–Trinajstić information content (AvgIpc) is 3.61. The standard InChI is InChI=1S/C34H33N9O10S3/c1-14-26(35)40-34(41-27(14)36)56-12-17-11-54-30-23(29(47)43(30)24(17)32(50)52-10-15-3-6-18(51-2)7-4-15)39-28(46)22(19-13-55-33(37)38-19)42-53-25(31(48)49)16-5-8-20(44)21(45)9-16/h3-9,13,23,25,30,44-45H,10-12H2,1-2H3,(H2,37,38)(H,39,46)(H,48,49)(H4,35,36,40,41)/b42-22-/t23-,25+,30-/m1/s1. The summed E-state index contributed by atoms with van der Waals surface area (Å²) in [7, 11) is 1.53. The summed E-state index contributed by atoms with van der Waals surface area (Å²) in [5, 5.41) is 36.7. The Morgan fingerprint density at radius 2 is 1.79 bits per heavy atom. The molecule has 0 radical (unpaired) electrons. The molecule has 2 aromatic carbocycles. The second-order valence-electron chi connectivity index (χ2n) is 12.0. The van der Waals surface area contributed by atoms with E-state index in [1.165, 1.54) is 35.2 Å². The summed E-state index contributed by atoms with van der Waals surface area (Å²) in [5.74, 6) is -3.60. The summed E-state index contributed by atoms with van der Waals surface area (Å²) in [4.78, 5) is 72.6. The number of β-lactam (4-membered cyclic amide) rings is 1. The zero-order chi connectivity index (χ0) is 40.3. The number of hydrogen-bond acceptors (Lipinski definition) is 19. The van der Waals surface area contributed by atoms with Crippen LogP contribution in [0.3, 0.4) is 0 Å². The van der Waals surface area contributed by atoms with Crippen molar-refractivity contribution in [2.24, 2.45) is 5.16 Å². The van der Waals surface area contributed by atoms with E-state index in [0.29, 0.717) is 22.4 Å². The maximum atomic E-state index is 13.9. The van der Waals surface area contributed by atoms with Crippen LogP contribution >= 0.6 is 34.9 Å². The lowest BCUT2D eigenvalue weighted by Crippen LogP contribution is -2.71. The molecular formula is C34H33N9O10S3. The van der Waals surface area contributed by atoms with Crippen LogP contribution in [0.4, 0.5) is 16.8 Å². The number of rotatable bonds is 14. The zero-order valence-corrected chi connectivity index (χ0v) is 31.8. The maximum absolute atomic E-state index is 13.9. The normalized spacial score (nSPS) is 17.1. The molecule has 0 aliphatic carbocycles. The van der Waals surface area contributed by atoms with Crippen molar-refractivity contribution in [3.05, 3.63) is 81.5 Å². The van der Waals surface area contributed by atoms with Gasteiger partial charge in [-0.3, -0.25) is 14.5 Å². The fraction of sp³-hybridized carbons (Fsp3) is 0.235. The summed E-state index contributed by atoms with van der Waals surface area (Å²) in [6.45, 7) is 1.57. The van der Waals surface area contributed by atoms with Gasteiger partial charge >= 0.3 is 11.9 Å². The van der Waals surface area contributed by atoms with Gasteiger partial charge in [-0.05, 0) is 42.3 Å². The lowest BCUT2D eigenvalue weighted by molar-refractivity contribution is -0.153. The van der Waals surface area contributed by atoms with E-state index in [4.69, 9.17) is 31.5 Å². The topological polar surface area (TPSA) is 301 Å². The first-order chi connectivity index (χ1) is 26.7. The van der Waals surface area contributed by atoms with Crippen molar-refractivity contribution in [3.63, 3.8) is 0 Å². The van der Waals surface area contributed by atoms with E-state index in [2.05, 4.69) is 25.4 Å². The van der Waals surface area contributed by atoms with Gasteiger partial charge in [-0.15, -0.1) is 23.1 Å². The number of aromatic nitrogens is 3. The number of nitrogen functional groups attached to an aromatic ring is 3. The number of amides is 2. The lowest BCUT2D eigenvalue weighted by atomic mass is 10.0. The number of carbonyl (C=O) groups excluding carboxylic acids is 3. The molecule has 19 nitrogen and oxygen atoms in total. The molecule has 1 saturated heterocycles. The van der Waals surface area contributed by atoms with Gasteiger partial charge in [-0.2, -0.15) is 0 Å². The zero-order valence-electron chi connectivity index (χ0n) is 29.4. The van der Waals surface area contributed by atoms with E-state index in [0.717, 1.165) is 35.2 Å². The Morgan fingerprint density at radius 3 is 2.41 bits per heavy atom. The number of methoxy groups -OCH3 is 1. The molecule has 2 aliphatic rings.